The summed E-state index contributed by atoms with van der Waals surface area (Å²) in [6.45, 7) is 7.18. The maximum Gasteiger partial charge on any atom is 0.211 e. The zero-order chi connectivity index (χ0) is 11.7. The highest BCUT2D eigenvalue weighted by Crippen LogP contribution is 2.33. The summed E-state index contributed by atoms with van der Waals surface area (Å²) in [5.41, 5.74) is 0. The Kier molecular flexibility index (Phi) is 3.30. The molecule has 2 unspecified atom stereocenters. The summed E-state index contributed by atoms with van der Waals surface area (Å²) in [6, 6.07) is 0.793. The van der Waals surface area contributed by atoms with E-state index in [9.17, 15) is 5.11 Å². The van der Waals surface area contributed by atoms with Crippen molar-refractivity contribution in [2.24, 2.45) is 0 Å². The molecular formula is C12H20N2O2. The third-order valence-corrected chi connectivity index (χ3v) is 3.20. The van der Waals surface area contributed by atoms with Crippen molar-refractivity contribution in [1.29, 1.82) is 0 Å². The van der Waals surface area contributed by atoms with Crippen molar-refractivity contribution in [2.75, 3.05) is 6.54 Å². The summed E-state index contributed by atoms with van der Waals surface area (Å²) in [7, 11) is 0. The van der Waals surface area contributed by atoms with Crippen molar-refractivity contribution in [3.8, 4) is 0 Å². The van der Waals surface area contributed by atoms with Crippen molar-refractivity contribution in [3.63, 3.8) is 0 Å². The smallest absolute Gasteiger partial charge is 0.211 e. The zero-order valence-electron chi connectivity index (χ0n) is 10.2. The predicted molar refractivity (Wildman–Crippen MR) is 61.0 cm³/mol. The van der Waals surface area contributed by atoms with Gasteiger partial charge in [-0.3, -0.25) is 4.90 Å². The summed E-state index contributed by atoms with van der Waals surface area (Å²) < 4.78 is 5.61. The van der Waals surface area contributed by atoms with Crippen LogP contribution in [-0.2, 0) is 0 Å². The molecule has 1 saturated heterocycles. The van der Waals surface area contributed by atoms with Crippen LogP contribution in [0.15, 0.2) is 10.6 Å². The number of rotatable bonds is 3. The molecule has 0 bridgehead atoms. The molecule has 1 fully saturated rings. The van der Waals surface area contributed by atoms with Gasteiger partial charge in [0.1, 0.15) is 6.10 Å². The standard InChI is InChI=1S/C12H20N2O2/c1-8(2)14-6-4-5-10(14)12-13-7-11(16-12)9(3)15/h7-10,15H,4-6H2,1-3H3. The van der Waals surface area contributed by atoms with Gasteiger partial charge in [0, 0.05) is 6.04 Å². The highest BCUT2D eigenvalue weighted by molar-refractivity contribution is 5.02. The van der Waals surface area contributed by atoms with E-state index in [1.807, 2.05) is 0 Å². The highest BCUT2D eigenvalue weighted by atomic mass is 16.4. The molecule has 2 rings (SSSR count). The van der Waals surface area contributed by atoms with Crippen LogP contribution in [0.1, 0.15) is 57.4 Å². The molecule has 0 spiro atoms. The number of aromatic nitrogens is 1. The first kappa shape index (κ1) is 11.6. The Balaban J connectivity index is 2.16. The maximum absolute atomic E-state index is 9.41. The van der Waals surface area contributed by atoms with E-state index in [4.69, 9.17) is 4.42 Å². The van der Waals surface area contributed by atoms with Crippen LogP contribution in [0.3, 0.4) is 0 Å². The second-order valence-electron chi connectivity index (χ2n) is 4.77. The van der Waals surface area contributed by atoms with Gasteiger partial charge in [0.15, 0.2) is 5.76 Å². The molecule has 4 heteroatoms. The van der Waals surface area contributed by atoms with Gasteiger partial charge in [-0.1, -0.05) is 0 Å². The lowest BCUT2D eigenvalue weighted by molar-refractivity contribution is 0.148. The summed E-state index contributed by atoms with van der Waals surface area (Å²) in [5.74, 6) is 1.31. The molecule has 1 aliphatic heterocycles. The van der Waals surface area contributed by atoms with E-state index >= 15 is 0 Å². The predicted octanol–water partition coefficient (Wildman–Crippen LogP) is 2.27. The van der Waals surface area contributed by atoms with E-state index in [0.29, 0.717) is 11.8 Å². The molecule has 2 heterocycles. The Bertz CT molecular complexity index is 347. The second kappa shape index (κ2) is 4.55. The first-order chi connectivity index (χ1) is 7.59. The zero-order valence-corrected chi connectivity index (χ0v) is 10.2. The number of aliphatic hydroxyl groups excluding tert-OH is 1. The van der Waals surface area contributed by atoms with E-state index in [0.717, 1.165) is 18.9 Å². The van der Waals surface area contributed by atoms with Crippen LogP contribution < -0.4 is 0 Å². The molecule has 4 nitrogen and oxygen atoms in total. The summed E-state index contributed by atoms with van der Waals surface area (Å²) in [5, 5.41) is 9.41. The minimum atomic E-state index is -0.574. The van der Waals surface area contributed by atoms with Crippen LogP contribution >= 0.6 is 0 Å². The topological polar surface area (TPSA) is 49.5 Å². The van der Waals surface area contributed by atoms with Gasteiger partial charge in [-0.15, -0.1) is 0 Å². The molecule has 1 aliphatic rings. The second-order valence-corrected chi connectivity index (χ2v) is 4.77. The van der Waals surface area contributed by atoms with Gasteiger partial charge in [0.2, 0.25) is 5.89 Å². The first-order valence-corrected chi connectivity index (χ1v) is 5.99. The molecule has 90 valence electrons. The Labute approximate surface area is 96.3 Å². The molecule has 1 aromatic rings. The van der Waals surface area contributed by atoms with Gasteiger partial charge in [-0.25, -0.2) is 4.98 Å². The van der Waals surface area contributed by atoms with E-state index in [-0.39, 0.29) is 6.04 Å². The van der Waals surface area contributed by atoms with Crippen LogP contribution in [0.2, 0.25) is 0 Å². The molecule has 0 amide bonds. The highest BCUT2D eigenvalue weighted by Gasteiger charge is 2.31. The lowest BCUT2D eigenvalue weighted by Crippen LogP contribution is -2.30. The molecule has 1 N–H and O–H groups in total. The number of oxazole rings is 1. The first-order valence-electron chi connectivity index (χ1n) is 5.99. The normalized spacial score (nSPS) is 24.2. The van der Waals surface area contributed by atoms with Crippen LogP contribution in [0.4, 0.5) is 0 Å². The fourth-order valence-electron chi connectivity index (χ4n) is 2.32. The SMILES string of the molecule is CC(O)c1cnc(C2CCCN2C(C)C)o1. The van der Waals surface area contributed by atoms with Gasteiger partial charge in [0.25, 0.3) is 0 Å². The van der Waals surface area contributed by atoms with Crippen molar-refractivity contribution in [3.05, 3.63) is 17.8 Å². The van der Waals surface area contributed by atoms with Crippen LogP contribution in [-0.4, -0.2) is 27.6 Å². The van der Waals surface area contributed by atoms with E-state index in [1.54, 1.807) is 13.1 Å². The minimum absolute atomic E-state index is 0.285. The molecule has 0 saturated carbocycles. The number of nitrogens with zero attached hydrogens (tertiary/aromatic N) is 2. The largest absolute Gasteiger partial charge is 0.441 e. The van der Waals surface area contributed by atoms with E-state index in [1.165, 1.54) is 6.42 Å². The quantitative estimate of drug-likeness (QED) is 0.855. The number of hydrogen-bond acceptors (Lipinski definition) is 4. The Morgan fingerprint density at radius 3 is 2.81 bits per heavy atom. The molecule has 2 atom stereocenters. The molecular weight excluding hydrogens is 204 g/mol. The summed E-state index contributed by atoms with van der Waals surface area (Å²) >= 11 is 0. The average Bonchev–Trinajstić information content (AvgIpc) is 2.86. The maximum atomic E-state index is 9.41. The molecule has 0 aromatic carbocycles. The van der Waals surface area contributed by atoms with Gasteiger partial charge in [-0.05, 0) is 40.2 Å². The third kappa shape index (κ3) is 2.13. The van der Waals surface area contributed by atoms with Crippen molar-refractivity contribution >= 4 is 0 Å². The van der Waals surface area contributed by atoms with E-state index < -0.39 is 6.10 Å². The minimum Gasteiger partial charge on any atom is -0.441 e. The number of hydrogen-bond donors (Lipinski definition) is 1. The third-order valence-electron chi connectivity index (χ3n) is 3.20. The van der Waals surface area contributed by atoms with Crippen LogP contribution in [0.25, 0.3) is 0 Å². The van der Waals surface area contributed by atoms with Crippen molar-refractivity contribution in [1.82, 2.24) is 9.88 Å². The summed E-state index contributed by atoms with van der Waals surface area (Å²) in [4.78, 5) is 6.68. The monoisotopic (exact) mass is 224 g/mol. The molecule has 0 aliphatic carbocycles. The van der Waals surface area contributed by atoms with Gasteiger partial charge in [0.05, 0.1) is 12.2 Å². The Hall–Kier alpha value is -0.870. The Morgan fingerprint density at radius 2 is 2.25 bits per heavy atom. The average molecular weight is 224 g/mol. The van der Waals surface area contributed by atoms with Crippen molar-refractivity contribution < 1.29 is 9.52 Å². The van der Waals surface area contributed by atoms with Crippen LogP contribution in [0, 0.1) is 0 Å². The van der Waals surface area contributed by atoms with Gasteiger partial charge < -0.3 is 9.52 Å². The van der Waals surface area contributed by atoms with Crippen molar-refractivity contribution in [2.45, 2.75) is 51.8 Å². The lowest BCUT2D eigenvalue weighted by Gasteiger charge is -2.25. The lowest BCUT2D eigenvalue weighted by atomic mass is 10.2. The van der Waals surface area contributed by atoms with E-state index in [2.05, 4.69) is 23.7 Å². The molecule has 0 radical (unpaired) electrons. The molecule has 1 aromatic heterocycles. The number of likely N-dealkylation sites (tertiary alicyclic amines) is 1. The van der Waals surface area contributed by atoms with Gasteiger partial charge >= 0.3 is 0 Å². The fraction of sp³-hybridized carbons (Fsp3) is 0.750. The number of aliphatic hydroxyl groups is 1. The van der Waals surface area contributed by atoms with Gasteiger partial charge in [-0.2, -0.15) is 0 Å². The summed E-state index contributed by atoms with van der Waals surface area (Å²) in [6.07, 6.45) is 3.35. The molecule has 16 heavy (non-hydrogen) atoms. The van der Waals surface area contributed by atoms with Crippen LogP contribution in [0.5, 0.6) is 0 Å². The Morgan fingerprint density at radius 1 is 1.50 bits per heavy atom. The fourth-order valence-corrected chi connectivity index (χ4v) is 2.32.